The van der Waals surface area contributed by atoms with Crippen molar-refractivity contribution in [3.63, 3.8) is 0 Å². The van der Waals surface area contributed by atoms with Crippen molar-refractivity contribution < 1.29 is 18.3 Å². The van der Waals surface area contributed by atoms with Crippen molar-refractivity contribution in [2.75, 3.05) is 26.3 Å². The number of benzene rings is 2. The van der Waals surface area contributed by atoms with E-state index in [0.717, 1.165) is 11.3 Å². The number of nitrogens with zero attached hydrogens (tertiary/aromatic N) is 3. The summed E-state index contributed by atoms with van der Waals surface area (Å²) < 4.78 is 34.3. The number of aromatic nitrogens is 1. The van der Waals surface area contributed by atoms with Crippen molar-refractivity contribution in [3.8, 4) is 11.8 Å². The highest BCUT2D eigenvalue weighted by Crippen LogP contribution is 2.10. The number of halogens is 2. The van der Waals surface area contributed by atoms with Crippen LogP contribution < -0.4 is 14.8 Å². The average Bonchev–Trinajstić information content (AvgIpc) is 3.12. The summed E-state index contributed by atoms with van der Waals surface area (Å²) in [5.74, 6) is -1.53. The van der Waals surface area contributed by atoms with Gasteiger partial charge in [-0.2, -0.15) is 5.26 Å². The minimum absolute atomic E-state index is 0.100. The molecule has 6 nitrogen and oxygen atoms in total. The molecule has 9 heteroatoms. The topological polar surface area (TPSA) is 75.3 Å². The number of carbonyl (C=O) groups is 1. The average molecular weight is 453 g/mol. The van der Waals surface area contributed by atoms with Crippen LogP contribution in [0.1, 0.15) is 5.56 Å². The Labute approximate surface area is 185 Å². The quantitative estimate of drug-likeness (QED) is 0.603. The number of amides is 1. The zero-order chi connectivity index (χ0) is 22.7. The molecule has 0 unspecified atom stereocenters. The molecule has 1 saturated heterocycles. The normalized spacial score (nSPS) is 15.4. The Balaban J connectivity index is 2.00. The zero-order valence-corrected chi connectivity index (χ0v) is 17.6. The van der Waals surface area contributed by atoms with E-state index in [1.54, 1.807) is 6.07 Å². The van der Waals surface area contributed by atoms with E-state index in [2.05, 4.69) is 0 Å². The van der Waals surface area contributed by atoms with Gasteiger partial charge in [0.1, 0.15) is 22.4 Å². The number of nitriles is 1. The third kappa shape index (κ3) is 4.23. The van der Waals surface area contributed by atoms with Crippen molar-refractivity contribution in [2.45, 2.75) is 0 Å². The molecule has 0 spiro atoms. The van der Waals surface area contributed by atoms with Gasteiger partial charge in [0.25, 0.3) is 11.5 Å². The molecule has 32 heavy (non-hydrogen) atoms. The second-order valence-corrected chi connectivity index (χ2v) is 7.98. The Morgan fingerprint density at radius 2 is 1.78 bits per heavy atom. The van der Waals surface area contributed by atoms with Gasteiger partial charge in [-0.3, -0.25) is 14.2 Å². The fraction of sp³-hybridized carbons (Fsp3) is 0.174. The highest BCUT2D eigenvalue weighted by molar-refractivity contribution is 7.07. The number of carbonyl (C=O) groups excluding carboxylic acids is 1. The van der Waals surface area contributed by atoms with Crippen LogP contribution in [0.2, 0.25) is 0 Å². The van der Waals surface area contributed by atoms with E-state index in [4.69, 9.17) is 4.74 Å². The predicted molar refractivity (Wildman–Crippen MR) is 116 cm³/mol. The maximum Gasteiger partial charge on any atom is 0.273 e. The summed E-state index contributed by atoms with van der Waals surface area (Å²) in [4.78, 5) is 27.8. The fourth-order valence-corrected chi connectivity index (χ4v) is 4.41. The number of thiazole rings is 1. The van der Waals surface area contributed by atoms with Gasteiger partial charge in [-0.15, -0.1) is 11.3 Å². The number of hydrogen-bond donors (Lipinski definition) is 0. The lowest BCUT2D eigenvalue weighted by Gasteiger charge is -2.26. The first-order valence-corrected chi connectivity index (χ1v) is 10.6. The molecule has 162 valence electrons. The molecular formula is C23H17F2N3O3S. The lowest BCUT2D eigenvalue weighted by atomic mass is 10.2. The smallest absolute Gasteiger partial charge is 0.273 e. The first kappa shape index (κ1) is 21.6. The molecule has 0 saturated carbocycles. The molecule has 2 aromatic carbocycles. The Bertz CT molecular complexity index is 1380. The van der Waals surface area contributed by atoms with Crippen LogP contribution in [0.4, 0.5) is 8.78 Å². The third-order valence-corrected chi connectivity index (χ3v) is 6.03. The molecule has 2 heterocycles. The van der Waals surface area contributed by atoms with Crippen molar-refractivity contribution in [3.05, 3.63) is 85.3 Å². The summed E-state index contributed by atoms with van der Waals surface area (Å²) in [6.45, 7) is 1.35. The minimum atomic E-state index is -0.539. The summed E-state index contributed by atoms with van der Waals surface area (Å²) in [6, 6.07) is 13.0. The van der Waals surface area contributed by atoms with E-state index < -0.39 is 23.1 Å². The highest BCUT2D eigenvalue weighted by Gasteiger charge is 2.24. The summed E-state index contributed by atoms with van der Waals surface area (Å²) in [6.07, 6.45) is 1.38. The molecule has 0 atom stereocenters. The van der Waals surface area contributed by atoms with E-state index in [1.165, 1.54) is 58.0 Å². The Hall–Kier alpha value is -3.61. The van der Waals surface area contributed by atoms with Gasteiger partial charge in [0.05, 0.1) is 23.4 Å². The monoisotopic (exact) mass is 453 g/mol. The summed E-state index contributed by atoms with van der Waals surface area (Å²) in [7, 11) is 0. The highest BCUT2D eigenvalue weighted by atomic mass is 32.1. The molecule has 0 N–H and O–H groups in total. The van der Waals surface area contributed by atoms with Gasteiger partial charge < -0.3 is 9.64 Å². The Morgan fingerprint density at radius 3 is 2.44 bits per heavy atom. The Morgan fingerprint density at radius 1 is 1.09 bits per heavy atom. The standard InChI is InChI=1S/C23H17F2N3O3S/c24-16-5-7-17(8-6-16)28-22(30)20(13-15-3-1-2-4-19(15)25)32-23(28)18(14-26)21(29)27-9-11-31-12-10-27/h1-8,13H,9-12H2/b20-13+,23-18-. The number of ether oxygens (including phenoxy) is 1. The molecule has 1 amide bonds. The largest absolute Gasteiger partial charge is 0.378 e. The summed E-state index contributed by atoms with van der Waals surface area (Å²) in [5, 5.41) is 9.83. The third-order valence-electron chi connectivity index (χ3n) is 4.94. The predicted octanol–water partition coefficient (Wildman–Crippen LogP) is 1.54. The molecule has 0 radical (unpaired) electrons. The van der Waals surface area contributed by atoms with E-state index in [0.29, 0.717) is 32.0 Å². The van der Waals surface area contributed by atoms with E-state index in [9.17, 15) is 23.6 Å². The SMILES string of the molecule is N#C/C(C(=O)N1CCOCC1)=c1/s/c(=C/c2ccccc2F)c(=O)n1-c1ccc(F)cc1. The van der Waals surface area contributed by atoms with Crippen LogP contribution in [-0.4, -0.2) is 41.7 Å². The van der Waals surface area contributed by atoms with Crippen LogP contribution in [0.5, 0.6) is 0 Å². The van der Waals surface area contributed by atoms with Crippen LogP contribution >= 0.6 is 11.3 Å². The van der Waals surface area contributed by atoms with Crippen LogP contribution in [-0.2, 0) is 9.53 Å². The maximum atomic E-state index is 14.2. The van der Waals surface area contributed by atoms with E-state index >= 15 is 0 Å². The lowest BCUT2D eigenvalue weighted by molar-refractivity contribution is -0.128. The van der Waals surface area contributed by atoms with Crippen LogP contribution in [0.15, 0.2) is 53.3 Å². The molecule has 0 bridgehead atoms. The van der Waals surface area contributed by atoms with Gasteiger partial charge in [-0.05, 0) is 36.4 Å². The van der Waals surface area contributed by atoms with Gasteiger partial charge >= 0.3 is 0 Å². The molecule has 0 aliphatic carbocycles. The van der Waals surface area contributed by atoms with Gasteiger partial charge in [-0.25, -0.2) is 8.78 Å². The van der Waals surface area contributed by atoms with Gasteiger partial charge in [0.2, 0.25) is 0 Å². The minimum Gasteiger partial charge on any atom is -0.378 e. The van der Waals surface area contributed by atoms with Gasteiger partial charge in [0.15, 0.2) is 5.57 Å². The molecule has 1 aliphatic rings. The lowest BCUT2D eigenvalue weighted by Crippen LogP contribution is -2.42. The van der Waals surface area contributed by atoms with Crippen LogP contribution in [0.3, 0.4) is 0 Å². The fourth-order valence-electron chi connectivity index (χ4n) is 3.32. The summed E-state index contributed by atoms with van der Waals surface area (Å²) >= 11 is 0.910. The second kappa shape index (κ2) is 9.26. The van der Waals surface area contributed by atoms with Gasteiger partial charge in [0, 0.05) is 18.7 Å². The van der Waals surface area contributed by atoms with Crippen LogP contribution in [0.25, 0.3) is 17.3 Å². The molecule has 4 rings (SSSR count). The maximum absolute atomic E-state index is 14.2. The molecule has 3 aromatic rings. The molecule has 1 aliphatic heterocycles. The van der Waals surface area contributed by atoms with Crippen molar-refractivity contribution in [2.24, 2.45) is 0 Å². The first-order valence-electron chi connectivity index (χ1n) is 9.75. The molecular weight excluding hydrogens is 436 g/mol. The Kier molecular flexibility index (Phi) is 6.25. The van der Waals surface area contributed by atoms with Gasteiger partial charge in [-0.1, -0.05) is 18.2 Å². The van der Waals surface area contributed by atoms with Crippen molar-refractivity contribution in [1.82, 2.24) is 9.47 Å². The number of hydrogen-bond acceptors (Lipinski definition) is 5. The zero-order valence-electron chi connectivity index (χ0n) is 16.8. The number of rotatable bonds is 3. The molecule has 1 aromatic heterocycles. The first-order chi connectivity index (χ1) is 15.5. The number of morpholine rings is 1. The van der Waals surface area contributed by atoms with Crippen molar-refractivity contribution >= 4 is 28.9 Å². The van der Waals surface area contributed by atoms with Crippen LogP contribution in [0, 0.1) is 23.0 Å². The second-order valence-electron chi connectivity index (χ2n) is 6.95. The van der Waals surface area contributed by atoms with E-state index in [-0.39, 0.29) is 20.3 Å². The van der Waals surface area contributed by atoms with E-state index in [1.807, 2.05) is 6.07 Å². The molecule has 1 fully saturated rings. The summed E-state index contributed by atoms with van der Waals surface area (Å²) in [5.41, 5.74) is -0.270. The van der Waals surface area contributed by atoms with Crippen molar-refractivity contribution in [1.29, 1.82) is 5.26 Å².